The number of hydrogen-bond donors (Lipinski definition) is 1. The van der Waals surface area contributed by atoms with Crippen molar-refractivity contribution >= 4 is 0 Å². The third-order valence-corrected chi connectivity index (χ3v) is 2.41. The summed E-state index contributed by atoms with van der Waals surface area (Å²) in [4.78, 5) is 4.22. The van der Waals surface area contributed by atoms with Crippen molar-refractivity contribution in [1.29, 1.82) is 0 Å². The summed E-state index contributed by atoms with van der Waals surface area (Å²) in [5.41, 5.74) is 6.01. The fourth-order valence-corrected chi connectivity index (χ4v) is 1.21. The number of imidazole rings is 1. The molecule has 3 heteroatoms. The van der Waals surface area contributed by atoms with E-state index in [4.69, 9.17) is 5.73 Å². The zero-order valence-electron chi connectivity index (χ0n) is 7.99. The van der Waals surface area contributed by atoms with Gasteiger partial charge in [-0.2, -0.15) is 0 Å². The molecular weight excluding hydrogens is 150 g/mol. The van der Waals surface area contributed by atoms with E-state index in [1.54, 1.807) is 6.20 Å². The van der Waals surface area contributed by atoms with Crippen molar-refractivity contribution in [2.75, 3.05) is 0 Å². The average molecular weight is 167 g/mol. The maximum atomic E-state index is 6.01. The minimum absolute atomic E-state index is 0.0648. The topological polar surface area (TPSA) is 43.8 Å². The highest BCUT2D eigenvalue weighted by Gasteiger charge is 2.16. The molecule has 1 aromatic heterocycles. The molecule has 0 aliphatic carbocycles. The Hall–Kier alpha value is -0.830. The molecule has 68 valence electrons. The van der Waals surface area contributed by atoms with E-state index in [0.29, 0.717) is 5.92 Å². The lowest BCUT2D eigenvalue weighted by molar-refractivity contribution is 0.430. The second kappa shape index (κ2) is 3.72. The van der Waals surface area contributed by atoms with Gasteiger partial charge >= 0.3 is 0 Å². The molecule has 0 aliphatic heterocycles. The summed E-state index contributed by atoms with van der Waals surface area (Å²) in [5, 5.41) is 0. The Bertz CT molecular complexity index is 242. The SMILES string of the molecule is CCC(C)C(N)c1nccn1C. The van der Waals surface area contributed by atoms with Crippen LogP contribution in [0.1, 0.15) is 32.1 Å². The van der Waals surface area contributed by atoms with Crippen molar-refractivity contribution in [2.45, 2.75) is 26.3 Å². The summed E-state index contributed by atoms with van der Waals surface area (Å²) in [6.07, 6.45) is 4.81. The van der Waals surface area contributed by atoms with Crippen molar-refractivity contribution < 1.29 is 0 Å². The van der Waals surface area contributed by atoms with Gasteiger partial charge in [0.05, 0.1) is 6.04 Å². The van der Waals surface area contributed by atoms with Crippen LogP contribution < -0.4 is 5.73 Å². The molecule has 0 amide bonds. The Morgan fingerprint density at radius 2 is 2.33 bits per heavy atom. The summed E-state index contributed by atoms with van der Waals surface area (Å²) in [6, 6.07) is 0.0648. The van der Waals surface area contributed by atoms with Gasteiger partial charge < -0.3 is 10.3 Å². The van der Waals surface area contributed by atoms with Gasteiger partial charge in [0.25, 0.3) is 0 Å². The Kier molecular flexibility index (Phi) is 2.87. The Morgan fingerprint density at radius 3 is 2.75 bits per heavy atom. The van der Waals surface area contributed by atoms with Crippen molar-refractivity contribution in [1.82, 2.24) is 9.55 Å². The molecule has 0 aliphatic rings. The summed E-state index contributed by atoms with van der Waals surface area (Å²) in [6.45, 7) is 4.30. The molecule has 0 bridgehead atoms. The average Bonchev–Trinajstić information content (AvgIpc) is 2.48. The van der Waals surface area contributed by atoms with E-state index in [0.717, 1.165) is 12.2 Å². The van der Waals surface area contributed by atoms with Crippen LogP contribution in [0.4, 0.5) is 0 Å². The molecule has 1 rings (SSSR count). The predicted octanol–water partition coefficient (Wildman–Crippen LogP) is 1.47. The summed E-state index contributed by atoms with van der Waals surface area (Å²) in [5.74, 6) is 1.47. The largest absolute Gasteiger partial charge is 0.337 e. The Morgan fingerprint density at radius 1 is 1.67 bits per heavy atom. The maximum Gasteiger partial charge on any atom is 0.125 e. The van der Waals surface area contributed by atoms with Gasteiger partial charge in [0.15, 0.2) is 0 Å². The van der Waals surface area contributed by atoms with Gasteiger partial charge in [0, 0.05) is 19.4 Å². The standard InChI is InChI=1S/C9H17N3/c1-4-7(2)8(10)9-11-5-6-12(9)3/h5-8H,4,10H2,1-3H3. The number of hydrogen-bond acceptors (Lipinski definition) is 2. The molecule has 0 aromatic carbocycles. The number of aryl methyl sites for hydroxylation is 1. The first-order valence-electron chi connectivity index (χ1n) is 4.39. The summed E-state index contributed by atoms with van der Waals surface area (Å²) >= 11 is 0. The van der Waals surface area contributed by atoms with Crippen LogP contribution in [-0.4, -0.2) is 9.55 Å². The van der Waals surface area contributed by atoms with E-state index in [9.17, 15) is 0 Å². The van der Waals surface area contributed by atoms with E-state index < -0.39 is 0 Å². The highest BCUT2D eigenvalue weighted by Crippen LogP contribution is 2.19. The molecule has 1 heterocycles. The van der Waals surface area contributed by atoms with E-state index in [1.165, 1.54) is 0 Å². The lowest BCUT2D eigenvalue weighted by atomic mass is 9.99. The third-order valence-electron chi connectivity index (χ3n) is 2.41. The number of aromatic nitrogens is 2. The molecule has 12 heavy (non-hydrogen) atoms. The normalized spacial score (nSPS) is 16.0. The number of nitrogens with zero attached hydrogens (tertiary/aromatic N) is 2. The van der Waals surface area contributed by atoms with Crippen LogP contribution >= 0.6 is 0 Å². The van der Waals surface area contributed by atoms with Crippen LogP contribution in [0.15, 0.2) is 12.4 Å². The molecule has 0 fully saturated rings. The quantitative estimate of drug-likeness (QED) is 0.740. The van der Waals surface area contributed by atoms with Gasteiger partial charge in [-0.1, -0.05) is 20.3 Å². The second-order valence-electron chi connectivity index (χ2n) is 3.31. The maximum absolute atomic E-state index is 6.01. The lowest BCUT2D eigenvalue weighted by Gasteiger charge is -2.17. The first-order chi connectivity index (χ1) is 5.66. The van der Waals surface area contributed by atoms with Crippen LogP contribution in [0.5, 0.6) is 0 Å². The molecule has 3 nitrogen and oxygen atoms in total. The van der Waals surface area contributed by atoms with Crippen molar-refractivity contribution in [2.24, 2.45) is 18.7 Å². The molecule has 0 saturated carbocycles. The molecular formula is C9H17N3. The van der Waals surface area contributed by atoms with E-state index in [-0.39, 0.29) is 6.04 Å². The second-order valence-corrected chi connectivity index (χ2v) is 3.31. The van der Waals surface area contributed by atoms with Gasteiger partial charge in [0.2, 0.25) is 0 Å². The van der Waals surface area contributed by atoms with E-state index >= 15 is 0 Å². The first kappa shape index (κ1) is 9.26. The minimum atomic E-state index is 0.0648. The van der Waals surface area contributed by atoms with Gasteiger partial charge in [-0.15, -0.1) is 0 Å². The number of nitrogens with two attached hydrogens (primary N) is 1. The molecule has 0 radical (unpaired) electrons. The first-order valence-corrected chi connectivity index (χ1v) is 4.39. The highest BCUT2D eigenvalue weighted by atomic mass is 15.1. The molecule has 2 atom stereocenters. The fourth-order valence-electron chi connectivity index (χ4n) is 1.21. The van der Waals surface area contributed by atoms with Crippen LogP contribution in [0.2, 0.25) is 0 Å². The van der Waals surface area contributed by atoms with Crippen LogP contribution in [-0.2, 0) is 7.05 Å². The van der Waals surface area contributed by atoms with Crippen molar-refractivity contribution in [3.05, 3.63) is 18.2 Å². The van der Waals surface area contributed by atoms with Crippen LogP contribution in [0.3, 0.4) is 0 Å². The molecule has 2 N–H and O–H groups in total. The monoisotopic (exact) mass is 167 g/mol. The van der Waals surface area contributed by atoms with Gasteiger partial charge in [-0.25, -0.2) is 4.98 Å². The summed E-state index contributed by atoms with van der Waals surface area (Å²) < 4.78 is 1.98. The van der Waals surface area contributed by atoms with Crippen molar-refractivity contribution in [3.8, 4) is 0 Å². The highest BCUT2D eigenvalue weighted by molar-refractivity contribution is 4.98. The third kappa shape index (κ3) is 1.67. The van der Waals surface area contributed by atoms with Crippen LogP contribution in [0, 0.1) is 5.92 Å². The molecule has 0 saturated heterocycles. The predicted molar refractivity (Wildman–Crippen MR) is 49.6 cm³/mol. The molecule has 2 unspecified atom stereocenters. The van der Waals surface area contributed by atoms with Gasteiger partial charge in [-0.3, -0.25) is 0 Å². The zero-order valence-corrected chi connectivity index (χ0v) is 7.99. The summed E-state index contributed by atoms with van der Waals surface area (Å²) in [7, 11) is 1.98. The van der Waals surface area contributed by atoms with E-state index in [1.807, 2.05) is 17.8 Å². The number of rotatable bonds is 3. The molecule has 0 spiro atoms. The Balaban J connectivity index is 2.77. The smallest absolute Gasteiger partial charge is 0.125 e. The fraction of sp³-hybridized carbons (Fsp3) is 0.667. The van der Waals surface area contributed by atoms with Crippen LogP contribution in [0.25, 0.3) is 0 Å². The minimum Gasteiger partial charge on any atom is -0.337 e. The molecule has 1 aromatic rings. The van der Waals surface area contributed by atoms with Gasteiger partial charge in [-0.05, 0) is 5.92 Å². The van der Waals surface area contributed by atoms with E-state index in [2.05, 4.69) is 18.8 Å². The Labute approximate surface area is 73.6 Å². The van der Waals surface area contributed by atoms with Crippen molar-refractivity contribution in [3.63, 3.8) is 0 Å². The van der Waals surface area contributed by atoms with Gasteiger partial charge in [0.1, 0.15) is 5.82 Å². The lowest BCUT2D eigenvalue weighted by Crippen LogP contribution is -2.21. The zero-order chi connectivity index (χ0) is 9.14.